The van der Waals surface area contributed by atoms with Crippen molar-refractivity contribution < 1.29 is 14.1 Å². The zero-order valence-electron chi connectivity index (χ0n) is 15.4. The molecule has 0 saturated heterocycles. The highest BCUT2D eigenvalue weighted by molar-refractivity contribution is 6.74. The van der Waals surface area contributed by atoms with Crippen LogP contribution in [0.4, 0.5) is 0 Å². The number of amides is 1. The predicted molar refractivity (Wildman–Crippen MR) is 94.7 cm³/mol. The van der Waals surface area contributed by atoms with E-state index in [1.165, 1.54) is 17.7 Å². The van der Waals surface area contributed by atoms with Crippen molar-refractivity contribution in [3.63, 3.8) is 0 Å². The highest BCUT2D eigenvalue weighted by Gasteiger charge is 2.52. The molecule has 2 rings (SSSR count). The maximum atomic E-state index is 12.1. The third-order valence-electron chi connectivity index (χ3n) is 5.18. The van der Waals surface area contributed by atoms with Crippen molar-refractivity contribution >= 4 is 14.2 Å². The first-order valence-corrected chi connectivity index (χ1v) is 11.1. The molecule has 0 spiro atoms. The largest absolute Gasteiger partial charge is 0.407 e. The van der Waals surface area contributed by atoms with Crippen molar-refractivity contribution in [2.75, 3.05) is 14.2 Å². The van der Waals surface area contributed by atoms with Gasteiger partial charge < -0.3 is 4.43 Å². The molecule has 1 aromatic carbocycles. The second kappa shape index (κ2) is 6.04. The lowest BCUT2D eigenvalue weighted by Crippen LogP contribution is -2.44. The summed E-state index contributed by atoms with van der Waals surface area (Å²) in [5, 5.41) is 1.42. The average Bonchev–Trinajstić information content (AvgIpc) is 3.24. The van der Waals surface area contributed by atoms with Crippen LogP contribution in [0, 0.1) is 0 Å². The molecule has 0 atom stereocenters. The smallest absolute Gasteiger partial charge is 0.277 e. The van der Waals surface area contributed by atoms with Gasteiger partial charge in [0.25, 0.3) is 5.91 Å². The molecule has 1 aliphatic carbocycles. The number of carbonyl (C=O) groups is 1. The molecule has 128 valence electrons. The van der Waals surface area contributed by atoms with Crippen LogP contribution in [0.1, 0.15) is 49.5 Å². The lowest BCUT2D eigenvalue weighted by molar-refractivity contribution is -0.0757. The normalized spacial score (nSPS) is 17.0. The molecule has 0 N–H and O–H groups in total. The van der Waals surface area contributed by atoms with Crippen LogP contribution >= 0.6 is 0 Å². The number of nitrogens with zero attached hydrogens (tertiary/aromatic N) is 1. The molecule has 0 heterocycles. The zero-order chi connectivity index (χ0) is 17.5. The van der Waals surface area contributed by atoms with Gasteiger partial charge in [-0.25, -0.2) is 5.06 Å². The summed E-state index contributed by atoms with van der Waals surface area (Å²) in [4.78, 5) is 17.0. The van der Waals surface area contributed by atoms with Crippen molar-refractivity contribution in [2.45, 2.75) is 57.3 Å². The monoisotopic (exact) mass is 335 g/mol. The fraction of sp³-hybridized carbons (Fsp3) is 0.611. The van der Waals surface area contributed by atoms with E-state index in [-0.39, 0.29) is 16.5 Å². The molecule has 0 unspecified atom stereocenters. The minimum absolute atomic E-state index is 0.141. The average molecular weight is 336 g/mol. The summed E-state index contributed by atoms with van der Waals surface area (Å²) in [7, 11) is 1.28. The first-order valence-electron chi connectivity index (χ1n) is 8.15. The van der Waals surface area contributed by atoms with E-state index in [0.29, 0.717) is 5.56 Å². The van der Waals surface area contributed by atoms with Crippen LogP contribution in [0.25, 0.3) is 0 Å². The van der Waals surface area contributed by atoms with Crippen LogP contribution < -0.4 is 0 Å². The minimum Gasteiger partial charge on any atom is -0.407 e. The third kappa shape index (κ3) is 3.67. The SMILES string of the molecule is CON(C)C(=O)c1ccc(C2(O[Si](C)(C)C(C)(C)C)CC2)cc1. The number of hydrogen-bond acceptors (Lipinski definition) is 3. The van der Waals surface area contributed by atoms with Crippen LogP contribution in [-0.4, -0.2) is 33.4 Å². The van der Waals surface area contributed by atoms with E-state index in [0.717, 1.165) is 12.8 Å². The molecule has 0 radical (unpaired) electrons. The summed E-state index contributed by atoms with van der Waals surface area (Å²) in [6, 6.07) is 7.78. The zero-order valence-corrected chi connectivity index (χ0v) is 16.4. The van der Waals surface area contributed by atoms with Crippen LogP contribution in [0.15, 0.2) is 24.3 Å². The van der Waals surface area contributed by atoms with Crippen molar-refractivity contribution in [3.05, 3.63) is 35.4 Å². The van der Waals surface area contributed by atoms with Gasteiger partial charge in [-0.2, -0.15) is 0 Å². The maximum Gasteiger partial charge on any atom is 0.277 e. The summed E-state index contributed by atoms with van der Waals surface area (Å²) in [5.41, 5.74) is 1.66. The molecule has 4 nitrogen and oxygen atoms in total. The Balaban J connectivity index is 2.18. The maximum absolute atomic E-state index is 12.1. The predicted octanol–water partition coefficient (Wildman–Crippen LogP) is 4.33. The molecular weight excluding hydrogens is 306 g/mol. The summed E-state index contributed by atoms with van der Waals surface area (Å²) in [6.07, 6.45) is 2.12. The standard InChI is InChI=1S/C18H29NO3Si/c1-17(2,3)23(6,7)22-18(12-13-18)15-10-8-14(9-11-15)16(20)19(4)21-5/h8-11H,12-13H2,1-7H3. The number of benzene rings is 1. The lowest BCUT2D eigenvalue weighted by Gasteiger charge is -2.39. The Labute approximate surface area is 140 Å². The topological polar surface area (TPSA) is 38.8 Å². The van der Waals surface area contributed by atoms with Gasteiger partial charge in [-0.3, -0.25) is 9.63 Å². The van der Waals surface area contributed by atoms with Crippen LogP contribution in [0.3, 0.4) is 0 Å². The third-order valence-corrected chi connectivity index (χ3v) is 9.69. The van der Waals surface area contributed by atoms with Crippen molar-refractivity contribution in [2.24, 2.45) is 0 Å². The van der Waals surface area contributed by atoms with Gasteiger partial charge in [-0.1, -0.05) is 32.9 Å². The van der Waals surface area contributed by atoms with E-state index in [1.807, 2.05) is 24.3 Å². The van der Waals surface area contributed by atoms with E-state index in [1.54, 1.807) is 7.05 Å². The number of rotatable bonds is 5. The Hall–Kier alpha value is -1.17. The minimum atomic E-state index is -1.81. The van der Waals surface area contributed by atoms with Crippen molar-refractivity contribution in [1.29, 1.82) is 0 Å². The van der Waals surface area contributed by atoms with E-state index in [9.17, 15) is 4.79 Å². The van der Waals surface area contributed by atoms with Gasteiger partial charge in [0.15, 0.2) is 8.32 Å². The van der Waals surface area contributed by atoms with E-state index in [4.69, 9.17) is 9.26 Å². The Bertz CT molecular complexity index is 571. The second-order valence-corrected chi connectivity index (χ2v) is 12.6. The fourth-order valence-electron chi connectivity index (χ4n) is 2.39. The van der Waals surface area contributed by atoms with Crippen LogP contribution in [-0.2, 0) is 14.9 Å². The van der Waals surface area contributed by atoms with E-state index in [2.05, 4.69) is 33.9 Å². The Morgan fingerprint density at radius 3 is 2.09 bits per heavy atom. The molecular formula is C18H29NO3Si. The van der Waals surface area contributed by atoms with Gasteiger partial charge in [0.1, 0.15) is 0 Å². The highest BCUT2D eigenvalue weighted by Crippen LogP contribution is 2.54. The lowest BCUT2D eigenvalue weighted by atomic mass is 10.1. The molecule has 0 aliphatic heterocycles. The van der Waals surface area contributed by atoms with Gasteiger partial charge in [0.05, 0.1) is 12.7 Å². The Kier molecular flexibility index (Phi) is 4.77. The van der Waals surface area contributed by atoms with Gasteiger partial charge >= 0.3 is 0 Å². The van der Waals surface area contributed by atoms with E-state index >= 15 is 0 Å². The highest BCUT2D eigenvalue weighted by atomic mass is 28.4. The summed E-state index contributed by atoms with van der Waals surface area (Å²) < 4.78 is 6.67. The summed E-state index contributed by atoms with van der Waals surface area (Å²) >= 11 is 0. The van der Waals surface area contributed by atoms with Crippen LogP contribution in [0.2, 0.25) is 18.1 Å². The second-order valence-electron chi connectivity index (χ2n) is 7.92. The number of hydrogen-bond donors (Lipinski definition) is 0. The quantitative estimate of drug-likeness (QED) is 0.594. The van der Waals surface area contributed by atoms with Crippen molar-refractivity contribution in [1.82, 2.24) is 5.06 Å². The van der Waals surface area contributed by atoms with Gasteiger partial charge in [-0.15, -0.1) is 0 Å². The Morgan fingerprint density at radius 1 is 1.17 bits per heavy atom. The van der Waals surface area contributed by atoms with Gasteiger partial charge in [0.2, 0.25) is 0 Å². The van der Waals surface area contributed by atoms with E-state index < -0.39 is 8.32 Å². The molecule has 1 aliphatic rings. The molecule has 1 fully saturated rings. The number of hydroxylamine groups is 2. The van der Waals surface area contributed by atoms with Gasteiger partial charge in [0, 0.05) is 12.6 Å². The molecule has 1 aromatic rings. The summed E-state index contributed by atoms with van der Waals surface area (Å²) in [5.74, 6) is -0.144. The first-order chi connectivity index (χ1) is 10.5. The fourth-order valence-corrected chi connectivity index (χ4v) is 3.99. The first kappa shape index (κ1) is 18.2. The molecule has 23 heavy (non-hydrogen) atoms. The molecule has 0 bridgehead atoms. The molecule has 1 saturated carbocycles. The molecule has 0 aromatic heterocycles. The molecule has 1 amide bonds. The summed E-state index contributed by atoms with van der Waals surface area (Å²) in [6.45, 7) is 11.4. The van der Waals surface area contributed by atoms with Crippen LogP contribution in [0.5, 0.6) is 0 Å². The number of carbonyl (C=O) groups excluding carboxylic acids is 1. The Morgan fingerprint density at radius 2 is 1.70 bits per heavy atom. The van der Waals surface area contributed by atoms with Gasteiger partial charge in [-0.05, 0) is 48.7 Å². The van der Waals surface area contributed by atoms with Crippen molar-refractivity contribution in [3.8, 4) is 0 Å². The molecule has 5 heteroatoms.